The first kappa shape index (κ1) is 20.6. The van der Waals surface area contributed by atoms with Crippen molar-refractivity contribution in [3.05, 3.63) is 53.6 Å². The Hall–Kier alpha value is -2.74. The molecule has 0 radical (unpaired) electrons. The lowest BCUT2D eigenvalue weighted by Crippen LogP contribution is -2.28. The number of benzene rings is 2. The first-order chi connectivity index (χ1) is 12.8. The van der Waals surface area contributed by atoms with Gasteiger partial charge >= 0.3 is 0 Å². The van der Waals surface area contributed by atoms with Gasteiger partial charge in [-0.15, -0.1) is 0 Å². The standard InChI is InChI=1S/C19H24N2O5S/c1-21(27(4,23)24)15-7-10-18(26-3)17(13-15)19(22)20-12-11-14-5-8-16(25-2)9-6-14/h5-10,13H,11-12H2,1-4H3,(H,20,22). The summed E-state index contributed by atoms with van der Waals surface area (Å²) >= 11 is 0. The molecule has 0 unspecified atom stereocenters. The fourth-order valence-corrected chi connectivity index (χ4v) is 2.97. The van der Waals surface area contributed by atoms with Crippen LogP contribution in [-0.2, 0) is 16.4 Å². The van der Waals surface area contributed by atoms with E-state index in [4.69, 9.17) is 9.47 Å². The molecule has 0 saturated heterocycles. The summed E-state index contributed by atoms with van der Waals surface area (Å²) < 4.78 is 34.9. The maximum Gasteiger partial charge on any atom is 0.255 e. The van der Waals surface area contributed by atoms with Gasteiger partial charge in [-0.1, -0.05) is 12.1 Å². The second-order valence-electron chi connectivity index (χ2n) is 5.97. The highest BCUT2D eigenvalue weighted by Gasteiger charge is 2.17. The van der Waals surface area contributed by atoms with Crippen molar-refractivity contribution in [1.29, 1.82) is 0 Å². The first-order valence-electron chi connectivity index (χ1n) is 8.29. The van der Waals surface area contributed by atoms with Crippen molar-refractivity contribution in [1.82, 2.24) is 5.32 Å². The first-order valence-corrected chi connectivity index (χ1v) is 10.1. The van der Waals surface area contributed by atoms with Crippen LogP contribution < -0.4 is 19.1 Å². The molecule has 0 bridgehead atoms. The van der Waals surface area contributed by atoms with Crippen LogP contribution in [0.2, 0.25) is 0 Å². The van der Waals surface area contributed by atoms with Gasteiger partial charge < -0.3 is 14.8 Å². The molecule has 2 rings (SSSR count). The third-order valence-corrected chi connectivity index (χ3v) is 5.35. The number of rotatable bonds is 8. The Bertz CT molecular complexity index is 895. The van der Waals surface area contributed by atoms with Gasteiger partial charge in [0.25, 0.3) is 5.91 Å². The van der Waals surface area contributed by atoms with Crippen LogP contribution in [0.4, 0.5) is 5.69 Å². The molecule has 0 spiro atoms. The van der Waals surface area contributed by atoms with E-state index in [0.717, 1.165) is 21.9 Å². The van der Waals surface area contributed by atoms with Gasteiger partial charge in [-0.2, -0.15) is 0 Å². The van der Waals surface area contributed by atoms with Crippen LogP contribution in [0.25, 0.3) is 0 Å². The predicted molar refractivity (Wildman–Crippen MR) is 105 cm³/mol. The Kier molecular flexibility index (Phi) is 6.68. The molecule has 1 N–H and O–H groups in total. The molecule has 27 heavy (non-hydrogen) atoms. The maximum absolute atomic E-state index is 12.6. The van der Waals surface area contributed by atoms with E-state index in [1.165, 1.54) is 20.2 Å². The molecule has 146 valence electrons. The third-order valence-electron chi connectivity index (χ3n) is 4.15. The highest BCUT2D eigenvalue weighted by atomic mass is 32.2. The Morgan fingerprint density at radius 3 is 2.30 bits per heavy atom. The number of amides is 1. The van der Waals surface area contributed by atoms with Crippen LogP contribution in [0.1, 0.15) is 15.9 Å². The Balaban J connectivity index is 2.09. The average Bonchev–Trinajstić information content (AvgIpc) is 2.66. The summed E-state index contributed by atoms with van der Waals surface area (Å²) in [6, 6.07) is 12.3. The van der Waals surface area contributed by atoms with Gasteiger partial charge in [0.1, 0.15) is 11.5 Å². The normalized spacial score (nSPS) is 11.0. The molecule has 0 fully saturated rings. The third kappa shape index (κ3) is 5.37. The van der Waals surface area contributed by atoms with E-state index < -0.39 is 10.0 Å². The lowest BCUT2D eigenvalue weighted by Gasteiger charge is -2.18. The summed E-state index contributed by atoms with van der Waals surface area (Å²) in [6.45, 7) is 0.431. The minimum absolute atomic E-state index is 0.278. The smallest absolute Gasteiger partial charge is 0.255 e. The van der Waals surface area contributed by atoms with Crippen LogP contribution in [0.5, 0.6) is 11.5 Å². The molecule has 2 aromatic carbocycles. The molecular weight excluding hydrogens is 368 g/mol. The Labute approximate surface area is 160 Å². The lowest BCUT2D eigenvalue weighted by molar-refractivity contribution is 0.0951. The van der Waals surface area contributed by atoms with Crippen molar-refractivity contribution in [2.24, 2.45) is 0 Å². The fraction of sp³-hybridized carbons (Fsp3) is 0.316. The van der Waals surface area contributed by atoms with Crippen LogP contribution in [0.3, 0.4) is 0 Å². The molecule has 0 heterocycles. The number of ether oxygens (including phenoxy) is 2. The van der Waals surface area contributed by atoms with Crippen LogP contribution in [-0.4, -0.2) is 48.4 Å². The summed E-state index contributed by atoms with van der Waals surface area (Å²) in [6.07, 6.45) is 1.76. The van der Waals surface area contributed by atoms with Gasteiger partial charge in [0.15, 0.2) is 0 Å². The van der Waals surface area contributed by atoms with Crippen molar-refractivity contribution in [3.63, 3.8) is 0 Å². The molecule has 0 aliphatic rings. The molecule has 2 aromatic rings. The number of nitrogens with zero attached hydrogens (tertiary/aromatic N) is 1. The molecule has 8 heteroatoms. The molecule has 0 aliphatic carbocycles. The van der Waals surface area contributed by atoms with Crippen molar-refractivity contribution in [3.8, 4) is 11.5 Å². The van der Waals surface area contributed by atoms with Gasteiger partial charge in [0.2, 0.25) is 10.0 Å². The number of methoxy groups -OCH3 is 2. The SMILES string of the molecule is COc1ccc(CCNC(=O)c2cc(N(C)S(C)(=O)=O)ccc2OC)cc1. The van der Waals surface area contributed by atoms with Gasteiger partial charge in [0, 0.05) is 13.6 Å². The van der Waals surface area contributed by atoms with E-state index in [9.17, 15) is 13.2 Å². The summed E-state index contributed by atoms with van der Waals surface area (Å²) in [5, 5.41) is 2.84. The molecular formula is C19H24N2O5S. The molecule has 0 saturated carbocycles. The summed E-state index contributed by atoms with van der Waals surface area (Å²) in [4.78, 5) is 12.6. The van der Waals surface area contributed by atoms with Crippen molar-refractivity contribution < 1.29 is 22.7 Å². The maximum atomic E-state index is 12.6. The van der Waals surface area contributed by atoms with Crippen LogP contribution in [0.15, 0.2) is 42.5 Å². The topological polar surface area (TPSA) is 84.9 Å². The quantitative estimate of drug-likeness (QED) is 0.743. The number of hydrogen-bond acceptors (Lipinski definition) is 5. The summed E-state index contributed by atoms with van der Waals surface area (Å²) in [5.41, 5.74) is 1.73. The van der Waals surface area contributed by atoms with Crippen molar-refractivity contribution in [2.45, 2.75) is 6.42 Å². The van der Waals surface area contributed by atoms with Crippen LogP contribution in [0, 0.1) is 0 Å². The number of carbonyl (C=O) groups is 1. The highest BCUT2D eigenvalue weighted by molar-refractivity contribution is 7.92. The zero-order valence-corrected chi connectivity index (χ0v) is 16.7. The predicted octanol–water partition coefficient (Wildman–Crippen LogP) is 2.07. The minimum atomic E-state index is -3.43. The van der Waals surface area contributed by atoms with Crippen LogP contribution >= 0.6 is 0 Å². The zero-order chi connectivity index (χ0) is 20.0. The highest BCUT2D eigenvalue weighted by Crippen LogP contribution is 2.25. The second kappa shape index (κ2) is 8.77. The number of anilines is 1. The van der Waals surface area contributed by atoms with E-state index >= 15 is 0 Å². The number of hydrogen-bond donors (Lipinski definition) is 1. The van der Waals surface area contributed by atoms with Crippen molar-refractivity contribution in [2.75, 3.05) is 38.4 Å². The van der Waals surface area contributed by atoms with E-state index in [0.29, 0.717) is 24.4 Å². The minimum Gasteiger partial charge on any atom is -0.497 e. The zero-order valence-electron chi connectivity index (χ0n) is 15.9. The molecule has 0 aromatic heterocycles. The van der Waals surface area contributed by atoms with E-state index in [-0.39, 0.29) is 11.5 Å². The van der Waals surface area contributed by atoms with Crippen molar-refractivity contribution >= 4 is 21.6 Å². The molecule has 0 aliphatic heterocycles. The molecule has 7 nitrogen and oxygen atoms in total. The monoisotopic (exact) mass is 392 g/mol. The average molecular weight is 392 g/mol. The molecule has 1 amide bonds. The lowest BCUT2D eigenvalue weighted by atomic mass is 10.1. The largest absolute Gasteiger partial charge is 0.497 e. The molecule has 0 atom stereocenters. The van der Waals surface area contributed by atoms with Gasteiger partial charge in [-0.3, -0.25) is 9.10 Å². The Morgan fingerprint density at radius 1 is 1.07 bits per heavy atom. The second-order valence-corrected chi connectivity index (χ2v) is 7.98. The van der Waals surface area contributed by atoms with Gasteiger partial charge in [-0.25, -0.2) is 8.42 Å². The summed E-state index contributed by atoms with van der Waals surface area (Å²) in [7, 11) is 1.08. The number of sulfonamides is 1. The number of nitrogens with one attached hydrogen (secondary N) is 1. The van der Waals surface area contributed by atoms with Gasteiger partial charge in [0.05, 0.1) is 31.7 Å². The van der Waals surface area contributed by atoms with Gasteiger partial charge in [-0.05, 0) is 42.3 Å². The summed E-state index contributed by atoms with van der Waals surface area (Å²) in [5.74, 6) is 0.825. The van der Waals surface area contributed by atoms with E-state index in [2.05, 4.69) is 5.32 Å². The Morgan fingerprint density at radius 2 is 1.74 bits per heavy atom. The fourth-order valence-electron chi connectivity index (χ4n) is 2.47. The number of carbonyl (C=O) groups excluding carboxylic acids is 1. The van der Waals surface area contributed by atoms with E-state index in [1.54, 1.807) is 19.2 Å². The van der Waals surface area contributed by atoms with E-state index in [1.807, 2.05) is 24.3 Å².